The second-order valence-electron chi connectivity index (χ2n) is 4.93. The summed E-state index contributed by atoms with van der Waals surface area (Å²) in [5.74, 6) is 0.946. The zero-order chi connectivity index (χ0) is 9.80. The summed E-state index contributed by atoms with van der Waals surface area (Å²) in [6, 6.07) is 0.948. The summed E-state index contributed by atoms with van der Waals surface area (Å²) in [5, 5.41) is 1.21. The van der Waals surface area contributed by atoms with Gasteiger partial charge in [0.05, 0.1) is 0 Å². The first-order valence-electron chi connectivity index (χ1n) is 6.20. The Morgan fingerprint density at radius 2 is 1.71 bits per heavy atom. The summed E-state index contributed by atoms with van der Waals surface area (Å²) < 4.78 is 0. The van der Waals surface area contributed by atoms with Crippen molar-refractivity contribution < 1.29 is 0 Å². The van der Waals surface area contributed by atoms with Crippen molar-refractivity contribution in [1.29, 1.82) is 0 Å². The van der Waals surface area contributed by atoms with E-state index in [0.717, 1.165) is 12.0 Å². The molecule has 2 rings (SSSR count). The molecule has 0 aromatic carbocycles. The highest BCUT2D eigenvalue weighted by atomic mass is 79.9. The first-order valence-corrected chi connectivity index (χ1v) is 7.32. The Bertz CT molecular complexity index is 166. The van der Waals surface area contributed by atoms with Crippen molar-refractivity contribution in [1.82, 2.24) is 4.90 Å². The summed E-state index contributed by atoms with van der Waals surface area (Å²) in [4.78, 5) is 2.77. The van der Waals surface area contributed by atoms with Gasteiger partial charge in [0.2, 0.25) is 0 Å². The number of nitrogens with zero attached hydrogens (tertiary/aromatic N) is 1. The monoisotopic (exact) mass is 259 g/mol. The highest BCUT2D eigenvalue weighted by Crippen LogP contribution is 2.27. The van der Waals surface area contributed by atoms with E-state index in [1.807, 2.05) is 0 Å². The Kier molecular flexibility index (Phi) is 4.30. The van der Waals surface area contributed by atoms with Gasteiger partial charge in [0.15, 0.2) is 0 Å². The van der Waals surface area contributed by atoms with E-state index in [4.69, 9.17) is 0 Å². The van der Waals surface area contributed by atoms with Gasteiger partial charge in [-0.3, -0.25) is 0 Å². The molecule has 0 spiro atoms. The maximum Gasteiger partial charge on any atom is 0.00952 e. The van der Waals surface area contributed by atoms with E-state index in [2.05, 4.69) is 20.8 Å². The minimum atomic E-state index is 0.946. The molecular formula is C12H22BrN. The predicted octanol–water partition coefficient (Wildman–Crippen LogP) is 3.43. The van der Waals surface area contributed by atoms with Crippen LogP contribution in [0.3, 0.4) is 0 Å². The van der Waals surface area contributed by atoms with Gasteiger partial charge in [0, 0.05) is 11.4 Å². The molecule has 1 saturated carbocycles. The molecule has 1 aliphatic carbocycles. The molecule has 0 bridgehead atoms. The lowest BCUT2D eigenvalue weighted by atomic mass is 10.0. The molecule has 1 heterocycles. The molecule has 1 atom stereocenters. The number of alkyl halides is 1. The van der Waals surface area contributed by atoms with Crippen LogP contribution in [0.2, 0.25) is 0 Å². The Morgan fingerprint density at radius 3 is 2.43 bits per heavy atom. The van der Waals surface area contributed by atoms with Crippen molar-refractivity contribution in [2.75, 3.05) is 18.4 Å². The summed E-state index contributed by atoms with van der Waals surface area (Å²) >= 11 is 3.63. The van der Waals surface area contributed by atoms with Crippen LogP contribution < -0.4 is 0 Å². The van der Waals surface area contributed by atoms with E-state index in [1.54, 1.807) is 0 Å². The standard InChI is InChI=1S/C12H22BrN/c13-10-11-4-3-8-14(9-7-11)12-5-1-2-6-12/h11-12H,1-10H2. The van der Waals surface area contributed by atoms with Crippen molar-refractivity contribution in [3.8, 4) is 0 Å². The zero-order valence-corrected chi connectivity index (χ0v) is 10.6. The third kappa shape index (κ3) is 2.73. The van der Waals surface area contributed by atoms with Crippen LogP contribution in [0.5, 0.6) is 0 Å². The van der Waals surface area contributed by atoms with Crippen LogP contribution in [-0.2, 0) is 0 Å². The van der Waals surface area contributed by atoms with E-state index >= 15 is 0 Å². The SMILES string of the molecule is BrCC1CCCN(C2CCCC2)CC1. The van der Waals surface area contributed by atoms with E-state index in [0.29, 0.717) is 0 Å². The fourth-order valence-corrected chi connectivity index (χ4v) is 3.62. The maximum atomic E-state index is 3.63. The van der Waals surface area contributed by atoms with Crippen molar-refractivity contribution >= 4 is 15.9 Å². The van der Waals surface area contributed by atoms with Crippen LogP contribution in [0.15, 0.2) is 0 Å². The van der Waals surface area contributed by atoms with Gasteiger partial charge in [-0.1, -0.05) is 28.8 Å². The molecule has 1 nitrogen and oxygen atoms in total. The van der Waals surface area contributed by atoms with Gasteiger partial charge < -0.3 is 4.90 Å². The van der Waals surface area contributed by atoms with Gasteiger partial charge in [0.25, 0.3) is 0 Å². The molecule has 2 heteroatoms. The van der Waals surface area contributed by atoms with Crippen LogP contribution in [-0.4, -0.2) is 29.4 Å². The number of likely N-dealkylation sites (tertiary alicyclic amines) is 1. The van der Waals surface area contributed by atoms with Gasteiger partial charge in [-0.2, -0.15) is 0 Å². The molecular weight excluding hydrogens is 238 g/mol. The molecule has 1 saturated heterocycles. The van der Waals surface area contributed by atoms with E-state index in [1.165, 1.54) is 63.4 Å². The Hall–Kier alpha value is 0.440. The fourth-order valence-electron chi connectivity index (χ4n) is 2.98. The van der Waals surface area contributed by atoms with Crippen LogP contribution in [0.25, 0.3) is 0 Å². The number of hydrogen-bond donors (Lipinski definition) is 0. The average molecular weight is 260 g/mol. The van der Waals surface area contributed by atoms with Gasteiger partial charge in [-0.05, 0) is 51.1 Å². The fraction of sp³-hybridized carbons (Fsp3) is 1.00. The normalized spacial score (nSPS) is 31.9. The molecule has 1 aliphatic heterocycles. The molecule has 14 heavy (non-hydrogen) atoms. The molecule has 0 aromatic rings. The van der Waals surface area contributed by atoms with Gasteiger partial charge in [-0.25, -0.2) is 0 Å². The van der Waals surface area contributed by atoms with Gasteiger partial charge >= 0.3 is 0 Å². The van der Waals surface area contributed by atoms with E-state index in [9.17, 15) is 0 Å². The largest absolute Gasteiger partial charge is 0.300 e. The van der Waals surface area contributed by atoms with Crippen LogP contribution in [0.1, 0.15) is 44.9 Å². The summed E-state index contributed by atoms with van der Waals surface area (Å²) in [7, 11) is 0. The first-order chi connectivity index (χ1) is 6.90. The predicted molar refractivity (Wildman–Crippen MR) is 65.0 cm³/mol. The number of hydrogen-bond acceptors (Lipinski definition) is 1. The average Bonchev–Trinajstić information content (AvgIpc) is 2.63. The lowest BCUT2D eigenvalue weighted by molar-refractivity contribution is 0.204. The smallest absolute Gasteiger partial charge is 0.00952 e. The minimum Gasteiger partial charge on any atom is -0.300 e. The lowest BCUT2D eigenvalue weighted by Crippen LogP contribution is -2.34. The minimum absolute atomic E-state index is 0.946. The number of halogens is 1. The van der Waals surface area contributed by atoms with E-state index < -0.39 is 0 Å². The molecule has 82 valence electrons. The van der Waals surface area contributed by atoms with Gasteiger partial charge in [-0.15, -0.1) is 0 Å². The van der Waals surface area contributed by atoms with E-state index in [-0.39, 0.29) is 0 Å². The highest BCUT2D eigenvalue weighted by molar-refractivity contribution is 9.09. The van der Waals surface area contributed by atoms with Crippen molar-refractivity contribution in [2.45, 2.75) is 51.0 Å². The molecule has 0 amide bonds. The summed E-state index contributed by atoms with van der Waals surface area (Å²) in [6.45, 7) is 2.73. The molecule has 2 fully saturated rings. The summed E-state index contributed by atoms with van der Waals surface area (Å²) in [5.41, 5.74) is 0. The summed E-state index contributed by atoms with van der Waals surface area (Å²) in [6.07, 6.45) is 10.2. The third-order valence-corrected chi connectivity index (χ3v) is 4.86. The maximum absolute atomic E-state index is 3.63. The molecule has 0 radical (unpaired) electrons. The molecule has 2 aliphatic rings. The Labute approximate surface area is 96.4 Å². The van der Waals surface area contributed by atoms with Crippen LogP contribution in [0, 0.1) is 5.92 Å². The van der Waals surface area contributed by atoms with Crippen molar-refractivity contribution in [2.24, 2.45) is 5.92 Å². The highest BCUT2D eigenvalue weighted by Gasteiger charge is 2.24. The van der Waals surface area contributed by atoms with Crippen LogP contribution in [0.4, 0.5) is 0 Å². The van der Waals surface area contributed by atoms with Crippen molar-refractivity contribution in [3.63, 3.8) is 0 Å². The van der Waals surface area contributed by atoms with Crippen LogP contribution >= 0.6 is 15.9 Å². The second kappa shape index (κ2) is 5.50. The Morgan fingerprint density at radius 1 is 0.929 bits per heavy atom. The molecule has 1 unspecified atom stereocenters. The first kappa shape index (κ1) is 10.9. The second-order valence-corrected chi connectivity index (χ2v) is 5.57. The van der Waals surface area contributed by atoms with Crippen molar-refractivity contribution in [3.05, 3.63) is 0 Å². The van der Waals surface area contributed by atoms with Gasteiger partial charge in [0.1, 0.15) is 0 Å². The molecule has 0 aromatic heterocycles. The molecule has 0 N–H and O–H groups in total. The Balaban J connectivity index is 1.82. The zero-order valence-electron chi connectivity index (χ0n) is 9.05. The number of rotatable bonds is 2. The lowest BCUT2D eigenvalue weighted by Gasteiger charge is -2.27. The quantitative estimate of drug-likeness (QED) is 0.687. The topological polar surface area (TPSA) is 3.24 Å². The third-order valence-electron chi connectivity index (χ3n) is 3.94.